The Kier molecular flexibility index (Phi) is 4.09. The van der Waals surface area contributed by atoms with Gasteiger partial charge < -0.3 is 0 Å². The second-order valence-corrected chi connectivity index (χ2v) is 4.30. The molecule has 0 saturated carbocycles. The van der Waals surface area contributed by atoms with Crippen molar-refractivity contribution < 1.29 is 0 Å². The van der Waals surface area contributed by atoms with E-state index in [9.17, 15) is 0 Å². The molecule has 92 valence electrons. The molecule has 0 radical (unpaired) electrons. The molecule has 2 nitrogen and oxygen atoms in total. The Hall–Kier alpha value is -2.42. The first-order chi connectivity index (χ1) is 9.24. The molecular weight excluding hydrogens is 231 g/mol. The molecule has 1 aromatic heterocycles. The van der Waals surface area contributed by atoms with Gasteiger partial charge in [-0.1, -0.05) is 36.3 Å². The van der Waals surface area contributed by atoms with E-state index >= 15 is 0 Å². The van der Waals surface area contributed by atoms with Crippen LogP contribution in [-0.4, -0.2) is 19.5 Å². The zero-order valence-corrected chi connectivity index (χ0v) is 11.0. The number of rotatable bonds is 4. The maximum atomic E-state index is 4.16. The third kappa shape index (κ3) is 3.07. The highest BCUT2D eigenvalue weighted by molar-refractivity contribution is 6.32. The molecule has 2 aromatic rings. The van der Waals surface area contributed by atoms with Gasteiger partial charge in [-0.15, -0.1) is 0 Å². The van der Waals surface area contributed by atoms with Gasteiger partial charge in [-0.2, -0.15) is 0 Å². The predicted molar refractivity (Wildman–Crippen MR) is 85.6 cm³/mol. The van der Waals surface area contributed by atoms with Crippen molar-refractivity contribution in [2.45, 2.75) is 0 Å². The minimum Gasteiger partial charge on any atom is -0.272 e. The van der Waals surface area contributed by atoms with Crippen molar-refractivity contribution in [2.75, 3.05) is 0 Å². The van der Waals surface area contributed by atoms with Gasteiger partial charge in [0.05, 0.1) is 0 Å². The van der Waals surface area contributed by atoms with E-state index < -0.39 is 0 Å². The fourth-order valence-electron chi connectivity index (χ4n) is 1.99. The van der Waals surface area contributed by atoms with E-state index in [4.69, 9.17) is 0 Å². The first-order valence-electron chi connectivity index (χ1n) is 6.05. The molecular formula is C16H15BN2. The van der Waals surface area contributed by atoms with Crippen LogP contribution < -0.4 is 5.46 Å². The van der Waals surface area contributed by atoms with Crippen LogP contribution in [0, 0.1) is 0 Å². The molecule has 1 heterocycles. The van der Waals surface area contributed by atoms with E-state index in [1.54, 1.807) is 18.5 Å². The quantitative estimate of drug-likeness (QED) is 0.461. The molecule has 0 saturated heterocycles. The van der Waals surface area contributed by atoms with E-state index in [1.807, 2.05) is 12.3 Å². The summed E-state index contributed by atoms with van der Waals surface area (Å²) in [7, 11) is 2.07. The Bertz CT molecular complexity index is 630. The van der Waals surface area contributed by atoms with Gasteiger partial charge in [-0.05, 0) is 41.1 Å². The summed E-state index contributed by atoms with van der Waals surface area (Å²) in [6.07, 6.45) is 7.14. The molecule has 0 atom stereocenters. The summed E-state index contributed by atoms with van der Waals surface area (Å²) in [6, 6.07) is 10.4. The second kappa shape index (κ2) is 5.96. The summed E-state index contributed by atoms with van der Waals surface area (Å²) >= 11 is 0. The largest absolute Gasteiger partial charge is 0.272 e. The Morgan fingerprint density at radius 2 is 2.11 bits per heavy atom. The molecule has 0 fully saturated rings. The van der Waals surface area contributed by atoms with Crippen LogP contribution >= 0.6 is 0 Å². The van der Waals surface area contributed by atoms with Gasteiger partial charge in [-0.25, -0.2) is 0 Å². The van der Waals surface area contributed by atoms with Crippen molar-refractivity contribution in [3.8, 4) is 11.1 Å². The molecule has 0 spiro atoms. The first kappa shape index (κ1) is 13.0. The van der Waals surface area contributed by atoms with E-state index in [2.05, 4.69) is 55.4 Å². The minimum absolute atomic E-state index is 0.962. The SMILES string of the molecule is Bc1cc(/C(C=C)=C/N=C)cc(-c2cccnc2)c1. The standard InChI is InChI=1S/C16H15BN2/c1-3-12(10-18-2)14-7-15(9-16(17)8-14)13-5-4-6-19-11-13/h3-11H,1-2,17H2/b12-10+. The number of hydrogen-bond donors (Lipinski definition) is 0. The van der Waals surface area contributed by atoms with Gasteiger partial charge in [0, 0.05) is 18.6 Å². The normalized spacial score (nSPS) is 11.1. The van der Waals surface area contributed by atoms with Crippen LogP contribution in [0.5, 0.6) is 0 Å². The molecule has 19 heavy (non-hydrogen) atoms. The molecule has 1 aromatic carbocycles. The lowest BCUT2D eigenvalue weighted by Crippen LogP contribution is -2.03. The zero-order chi connectivity index (χ0) is 13.7. The molecule has 0 unspecified atom stereocenters. The molecule has 0 bridgehead atoms. The molecule has 0 N–H and O–H groups in total. The van der Waals surface area contributed by atoms with Crippen LogP contribution in [0.4, 0.5) is 0 Å². The second-order valence-electron chi connectivity index (χ2n) is 4.30. The van der Waals surface area contributed by atoms with E-state index in [1.165, 1.54) is 5.46 Å². The van der Waals surface area contributed by atoms with Gasteiger partial charge in [0.2, 0.25) is 0 Å². The lowest BCUT2D eigenvalue weighted by atomic mass is 9.88. The van der Waals surface area contributed by atoms with Crippen molar-refractivity contribution in [3.63, 3.8) is 0 Å². The highest BCUT2D eigenvalue weighted by atomic mass is 14.6. The van der Waals surface area contributed by atoms with Gasteiger partial charge >= 0.3 is 0 Å². The third-order valence-corrected chi connectivity index (χ3v) is 2.86. The Labute approximate surface area is 114 Å². The Balaban J connectivity index is 2.55. The zero-order valence-electron chi connectivity index (χ0n) is 11.0. The highest BCUT2D eigenvalue weighted by Crippen LogP contribution is 2.22. The van der Waals surface area contributed by atoms with Gasteiger partial charge in [0.15, 0.2) is 0 Å². The van der Waals surface area contributed by atoms with Crippen molar-refractivity contribution in [1.82, 2.24) is 4.98 Å². The Morgan fingerprint density at radius 1 is 1.26 bits per heavy atom. The lowest BCUT2D eigenvalue weighted by Gasteiger charge is -2.08. The van der Waals surface area contributed by atoms with Gasteiger partial charge in [0.1, 0.15) is 7.85 Å². The number of nitrogens with zero attached hydrogens (tertiary/aromatic N) is 2. The van der Waals surface area contributed by atoms with Crippen LogP contribution in [0.25, 0.3) is 16.7 Å². The first-order valence-corrected chi connectivity index (χ1v) is 6.05. The third-order valence-electron chi connectivity index (χ3n) is 2.86. The number of hydrogen-bond acceptors (Lipinski definition) is 2. The van der Waals surface area contributed by atoms with Gasteiger partial charge in [0.25, 0.3) is 0 Å². The van der Waals surface area contributed by atoms with Crippen LogP contribution in [0.3, 0.4) is 0 Å². The topological polar surface area (TPSA) is 25.2 Å². The van der Waals surface area contributed by atoms with Crippen molar-refractivity contribution in [3.05, 3.63) is 67.1 Å². The molecule has 0 amide bonds. The summed E-state index contributed by atoms with van der Waals surface area (Å²) in [6.45, 7) is 7.31. The molecule has 2 rings (SSSR count). The number of aliphatic imine (C=N–C) groups is 1. The number of aromatic nitrogens is 1. The summed E-state index contributed by atoms with van der Waals surface area (Å²) in [5, 5.41) is 0. The van der Waals surface area contributed by atoms with E-state index in [0.717, 1.165) is 22.3 Å². The van der Waals surface area contributed by atoms with E-state index in [0.29, 0.717) is 0 Å². The summed E-state index contributed by atoms with van der Waals surface area (Å²) in [4.78, 5) is 7.98. The van der Waals surface area contributed by atoms with Crippen LogP contribution in [-0.2, 0) is 0 Å². The van der Waals surface area contributed by atoms with Crippen molar-refractivity contribution >= 4 is 25.6 Å². The van der Waals surface area contributed by atoms with Crippen LogP contribution in [0.2, 0.25) is 0 Å². The van der Waals surface area contributed by atoms with E-state index in [-0.39, 0.29) is 0 Å². The van der Waals surface area contributed by atoms with Crippen molar-refractivity contribution in [2.24, 2.45) is 4.99 Å². The minimum atomic E-state index is 0.962. The maximum absolute atomic E-state index is 4.16. The highest BCUT2D eigenvalue weighted by Gasteiger charge is 2.03. The van der Waals surface area contributed by atoms with Crippen LogP contribution in [0.1, 0.15) is 5.56 Å². The molecule has 0 aliphatic rings. The maximum Gasteiger partial charge on any atom is 0.139 e. The molecule has 3 heteroatoms. The summed E-state index contributed by atoms with van der Waals surface area (Å²) in [5.74, 6) is 0. The van der Waals surface area contributed by atoms with Crippen molar-refractivity contribution in [1.29, 1.82) is 0 Å². The average Bonchev–Trinajstić information content (AvgIpc) is 2.45. The number of benzene rings is 1. The summed E-state index contributed by atoms with van der Waals surface area (Å²) < 4.78 is 0. The monoisotopic (exact) mass is 246 g/mol. The average molecular weight is 246 g/mol. The molecule has 0 aliphatic heterocycles. The van der Waals surface area contributed by atoms with Crippen LogP contribution in [0.15, 0.2) is 66.6 Å². The fraction of sp³-hybridized carbons (Fsp3) is 0. The smallest absolute Gasteiger partial charge is 0.139 e. The fourth-order valence-corrected chi connectivity index (χ4v) is 1.99. The number of pyridine rings is 1. The predicted octanol–water partition coefficient (Wildman–Crippen LogP) is 2.23. The lowest BCUT2D eigenvalue weighted by molar-refractivity contribution is 1.33. The number of allylic oxidation sites excluding steroid dienone is 2. The summed E-state index contributed by atoms with van der Waals surface area (Å²) in [5.41, 5.74) is 5.47. The van der Waals surface area contributed by atoms with Gasteiger partial charge in [-0.3, -0.25) is 9.98 Å². The Morgan fingerprint density at radius 3 is 2.74 bits per heavy atom. The molecule has 0 aliphatic carbocycles.